The average Bonchev–Trinajstić information content (AvgIpc) is 2.98. The van der Waals surface area contributed by atoms with Crippen molar-refractivity contribution in [2.75, 3.05) is 0 Å². The average molecular weight is 480 g/mol. The fourth-order valence-corrected chi connectivity index (χ4v) is 6.71. The zero-order valence-electron chi connectivity index (χ0n) is 20.6. The molecule has 0 spiro atoms. The standard InChI is InChI=1S/C37H21N/c1-5-22-12-13-23-7-3-11-31-32-21-28(25-16-17-33-26(19-25)8-4-18-38-33)20-27-15-14-24-6-2-10-30(35(24)37(27)32)29(9-1)34(22)36(23)31/h1-21H. The summed E-state index contributed by atoms with van der Waals surface area (Å²) in [7, 11) is 0. The van der Waals surface area contributed by atoms with E-state index in [2.05, 4.69) is 120 Å². The molecule has 1 nitrogen and oxygen atoms in total. The van der Waals surface area contributed by atoms with Crippen molar-refractivity contribution in [3.8, 4) is 11.1 Å². The second-order valence-corrected chi connectivity index (χ2v) is 10.4. The summed E-state index contributed by atoms with van der Waals surface area (Å²) in [5.74, 6) is 0. The first-order chi connectivity index (χ1) is 18.8. The number of hydrogen-bond acceptors (Lipinski definition) is 1. The van der Waals surface area contributed by atoms with Gasteiger partial charge < -0.3 is 0 Å². The largest absolute Gasteiger partial charge is 0.256 e. The van der Waals surface area contributed by atoms with Crippen molar-refractivity contribution < 1.29 is 0 Å². The molecule has 0 saturated carbocycles. The van der Waals surface area contributed by atoms with Gasteiger partial charge in [0.15, 0.2) is 0 Å². The molecule has 0 amide bonds. The highest BCUT2D eigenvalue weighted by Crippen LogP contribution is 2.44. The van der Waals surface area contributed by atoms with Gasteiger partial charge in [0.1, 0.15) is 0 Å². The molecule has 8 aromatic carbocycles. The second-order valence-electron chi connectivity index (χ2n) is 10.4. The van der Waals surface area contributed by atoms with E-state index >= 15 is 0 Å². The third kappa shape index (κ3) is 2.63. The summed E-state index contributed by atoms with van der Waals surface area (Å²) in [6.07, 6.45) is 1.86. The quantitative estimate of drug-likeness (QED) is 0.213. The van der Waals surface area contributed by atoms with Gasteiger partial charge in [-0.05, 0) is 106 Å². The van der Waals surface area contributed by atoms with Gasteiger partial charge in [0, 0.05) is 11.6 Å². The van der Waals surface area contributed by atoms with Gasteiger partial charge in [-0.1, -0.05) is 91.0 Å². The minimum absolute atomic E-state index is 1.02. The lowest BCUT2D eigenvalue weighted by Gasteiger charge is -2.17. The van der Waals surface area contributed by atoms with Crippen molar-refractivity contribution in [2.24, 2.45) is 0 Å². The fraction of sp³-hybridized carbons (Fsp3) is 0. The lowest BCUT2D eigenvalue weighted by atomic mass is 9.86. The zero-order chi connectivity index (χ0) is 24.8. The molecule has 0 aliphatic heterocycles. The number of aromatic nitrogens is 1. The van der Waals surface area contributed by atoms with Gasteiger partial charge in [-0.15, -0.1) is 0 Å². The predicted molar refractivity (Wildman–Crippen MR) is 163 cm³/mol. The van der Waals surface area contributed by atoms with Gasteiger partial charge >= 0.3 is 0 Å². The normalized spacial score (nSPS) is 12.2. The van der Waals surface area contributed by atoms with E-state index in [0.29, 0.717) is 0 Å². The van der Waals surface area contributed by atoms with Crippen LogP contribution in [-0.4, -0.2) is 4.98 Å². The lowest BCUT2D eigenvalue weighted by Crippen LogP contribution is -1.89. The maximum atomic E-state index is 4.53. The fourth-order valence-electron chi connectivity index (χ4n) is 6.71. The Kier molecular flexibility index (Phi) is 3.85. The van der Waals surface area contributed by atoms with E-state index < -0.39 is 0 Å². The predicted octanol–water partition coefficient (Wildman–Crippen LogP) is 10.3. The van der Waals surface area contributed by atoms with Crippen molar-refractivity contribution >= 4 is 75.5 Å². The Balaban J connectivity index is 1.58. The van der Waals surface area contributed by atoms with E-state index in [4.69, 9.17) is 0 Å². The molecule has 0 radical (unpaired) electrons. The Bertz CT molecular complexity index is 2390. The summed E-state index contributed by atoms with van der Waals surface area (Å²) in [6.45, 7) is 0. The van der Waals surface area contributed by atoms with Crippen LogP contribution >= 0.6 is 0 Å². The van der Waals surface area contributed by atoms with Crippen LogP contribution in [0.5, 0.6) is 0 Å². The van der Waals surface area contributed by atoms with Crippen LogP contribution in [0.25, 0.3) is 86.7 Å². The molecule has 1 heteroatoms. The minimum Gasteiger partial charge on any atom is -0.256 e. The van der Waals surface area contributed by atoms with Crippen molar-refractivity contribution in [1.29, 1.82) is 0 Å². The third-order valence-electron chi connectivity index (χ3n) is 8.36. The topological polar surface area (TPSA) is 12.9 Å². The van der Waals surface area contributed by atoms with E-state index in [1.165, 1.54) is 75.8 Å². The van der Waals surface area contributed by atoms with Crippen LogP contribution in [0.4, 0.5) is 0 Å². The van der Waals surface area contributed by atoms with Crippen LogP contribution in [0.15, 0.2) is 128 Å². The molecule has 0 aliphatic carbocycles. The number of pyridine rings is 1. The highest BCUT2D eigenvalue weighted by Gasteiger charge is 2.16. The second kappa shape index (κ2) is 7.27. The molecule has 0 unspecified atom stereocenters. The number of nitrogens with zero attached hydrogens (tertiary/aromatic N) is 1. The number of benzene rings is 7. The van der Waals surface area contributed by atoms with Crippen LogP contribution in [0.3, 0.4) is 0 Å². The Labute approximate surface area is 218 Å². The van der Waals surface area contributed by atoms with Crippen LogP contribution < -0.4 is 0 Å². The van der Waals surface area contributed by atoms with Crippen LogP contribution in [0.1, 0.15) is 0 Å². The van der Waals surface area contributed by atoms with E-state index in [1.807, 2.05) is 12.3 Å². The summed E-state index contributed by atoms with van der Waals surface area (Å²) >= 11 is 0. The first-order valence-corrected chi connectivity index (χ1v) is 13.1. The Morgan fingerprint density at radius 1 is 0.342 bits per heavy atom. The molecule has 1 heterocycles. The SMILES string of the molecule is c1cnc2ccc(-c3cc4ccc5cccc6c7cccc8ccc9cccc(c(c3)c4c56)c9c87)cc2c1. The van der Waals surface area contributed by atoms with E-state index in [0.717, 1.165) is 10.9 Å². The molecule has 0 atom stereocenters. The van der Waals surface area contributed by atoms with Gasteiger partial charge in [0.25, 0.3) is 0 Å². The lowest BCUT2D eigenvalue weighted by molar-refractivity contribution is 1.41. The van der Waals surface area contributed by atoms with Gasteiger partial charge in [-0.3, -0.25) is 4.98 Å². The van der Waals surface area contributed by atoms with E-state index in [-0.39, 0.29) is 0 Å². The van der Waals surface area contributed by atoms with Crippen LogP contribution in [0, 0.1) is 0 Å². The molecular formula is C37H21N. The monoisotopic (exact) mass is 479 g/mol. The zero-order valence-corrected chi connectivity index (χ0v) is 20.6. The van der Waals surface area contributed by atoms with E-state index in [1.54, 1.807) is 0 Å². The molecule has 174 valence electrons. The molecule has 38 heavy (non-hydrogen) atoms. The Hall–Kier alpha value is -5.01. The smallest absolute Gasteiger partial charge is 0.0702 e. The van der Waals surface area contributed by atoms with Gasteiger partial charge in [-0.2, -0.15) is 0 Å². The number of hydrogen-bond donors (Lipinski definition) is 0. The summed E-state index contributed by atoms with van der Waals surface area (Å²) in [4.78, 5) is 4.53. The Morgan fingerprint density at radius 3 is 1.53 bits per heavy atom. The molecule has 1 aromatic heterocycles. The molecular weight excluding hydrogens is 458 g/mol. The first kappa shape index (κ1) is 20.1. The van der Waals surface area contributed by atoms with Crippen molar-refractivity contribution in [1.82, 2.24) is 4.98 Å². The summed E-state index contributed by atoms with van der Waals surface area (Å²) < 4.78 is 0. The van der Waals surface area contributed by atoms with Crippen LogP contribution in [-0.2, 0) is 0 Å². The number of fused-ring (bicyclic) bond motifs is 3. The maximum absolute atomic E-state index is 4.53. The van der Waals surface area contributed by atoms with E-state index in [9.17, 15) is 0 Å². The van der Waals surface area contributed by atoms with Crippen molar-refractivity contribution in [2.45, 2.75) is 0 Å². The molecule has 0 aliphatic rings. The molecule has 0 bridgehead atoms. The molecule has 9 aromatic rings. The highest BCUT2D eigenvalue weighted by atomic mass is 14.6. The minimum atomic E-state index is 1.02. The first-order valence-electron chi connectivity index (χ1n) is 13.1. The Morgan fingerprint density at radius 2 is 0.868 bits per heavy atom. The third-order valence-corrected chi connectivity index (χ3v) is 8.36. The molecule has 0 N–H and O–H groups in total. The number of rotatable bonds is 1. The van der Waals surface area contributed by atoms with Gasteiger partial charge in [-0.25, -0.2) is 0 Å². The summed E-state index contributed by atoms with van der Waals surface area (Å²) in [5, 5.41) is 16.9. The van der Waals surface area contributed by atoms with Crippen molar-refractivity contribution in [3.63, 3.8) is 0 Å². The van der Waals surface area contributed by atoms with Crippen LogP contribution in [0.2, 0.25) is 0 Å². The summed E-state index contributed by atoms with van der Waals surface area (Å²) in [6, 6.07) is 44.9. The highest BCUT2D eigenvalue weighted by molar-refractivity contribution is 6.37. The summed E-state index contributed by atoms with van der Waals surface area (Å²) in [5.41, 5.74) is 3.47. The molecule has 0 fully saturated rings. The van der Waals surface area contributed by atoms with Gasteiger partial charge in [0.2, 0.25) is 0 Å². The van der Waals surface area contributed by atoms with Gasteiger partial charge in [0.05, 0.1) is 5.52 Å². The maximum Gasteiger partial charge on any atom is 0.0702 e. The molecule has 9 rings (SSSR count). The van der Waals surface area contributed by atoms with Crippen molar-refractivity contribution in [3.05, 3.63) is 128 Å². The molecule has 0 saturated heterocycles.